The molecule has 92 valence electrons. The summed E-state index contributed by atoms with van der Waals surface area (Å²) in [4.78, 5) is 24.9. The Morgan fingerprint density at radius 1 is 1.25 bits per heavy atom. The van der Waals surface area contributed by atoms with Gasteiger partial charge in [0, 0.05) is 13.0 Å². The number of unbranched alkanes of at least 4 members (excludes halogenated alkanes) is 3. The number of hydrogen-bond acceptors (Lipinski definition) is 3. The summed E-state index contributed by atoms with van der Waals surface area (Å²) in [5, 5.41) is -0.108. The average molecular weight is 243 g/mol. The van der Waals surface area contributed by atoms with E-state index in [1.54, 1.807) is 11.8 Å². The topological polar surface area (TPSA) is 37.4 Å². The summed E-state index contributed by atoms with van der Waals surface area (Å²) in [6.45, 7) is 4.80. The van der Waals surface area contributed by atoms with Gasteiger partial charge >= 0.3 is 0 Å². The van der Waals surface area contributed by atoms with Crippen molar-refractivity contribution in [1.29, 1.82) is 0 Å². The number of hydrogen-bond donors (Lipinski definition) is 0. The number of amides is 2. The molecule has 1 unspecified atom stereocenters. The molecule has 2 amide bonds. The molecule has 1 fully saturated rings. The van der Waals surface area contributed by atoms with Crippen LogP contribution in [0.3, 0.4) is 0 Å². The predicted molar refractivity (Wildman–Crippen MR) is 67.4 cm³/mol. The molecule has 3 nitrogen and oxygen atoms in total. The van der Waals surface area contributed by atoms with Gasteiger partial charge in [-0.2, -0.15) is 0 Å². The van der Waals surface area contributed by atoms with Gasteiger partial charge in [0.05, 0.1) is 5.25 Å². The molecular weight excluding hydrogens is 222 g/mol. The molecule has 1 heterocycles. The molecule has 0 bridgehead atoms. The second-order valence-electron chi connectivity index (χ2n) is 4.09. The van der Waals surface area contributed by atoms with E-state index >= 15 is 0 Å². The molecule has 0 saturated carbocycles. The molecule has 0 aromatic heterocycles. The fraction of sp³-hybridized carbons (Fsp3) is 0.833. The number of thioether (sulfide) groups is 1. The second kappa shape index (κ2) is 6.94. The maximum atomic E-state index is 11.9. The van der Waals surface area contributed by atoms with Crippen molar-refractivity contribution in [1.82, 2.24) is 4.90 Å². The summed E-state index contributed by atoms with van der Waals surface area (Å²) in [7, 11) is 0. The first-order valence-electron chi connectivity index (χ1n) is 6.16. The predicted octanol–water partition coefficient (Wildman–Crippen LogP) is 2.45. The van der Waals surface area contributed by atoms with Gasteiger partial charge in [0.1, 0.15) is 0 Å². The third-order valence-corrected chi connectivity index (χ3v) is 3.91. The largest absolute Gasteiger partial charge is 0.282 e. The van der Waals surface area contributed by atoms with Gasteiger partial charge in [-0.3, -0.25) is 14.5 Å². The fourth-order valence-electron chi connectivity index (χ4n) is 1.92. The third kappa shape index (κ3) is 3.51. The van der Waals surface area contributed by atoms with E-state index < -0.39 is 0 Å². The van der Waals surface area contributed by atoms with Crippen LogP contribution in [-0.2, 0) is 9.59 Å². The highest BCUT2D eigenvalue weighted by Gasteiger charge is 2.37. The first kappa shape index (κ1) is 13.6. The highest BCUT2D eigenvalue weighted by atomic mass is 32.2. The Labute approximate surface area is 102 Å². The smallest absolute Gasteiger partial charge is 0.242 e. The van der Waals surface area contributed by atoms with Crippen LogP contribution in [0.5, 0.6) is 0 Å². The van der Waals surface area contributed by atoms with Gasteiger partial charge in [-0.25, -0.2) is 0 Å². The van der Waals surface area contributed by atoms with E-state index in [0.29, 0.717) is 13.0 Å². The average Bonchev–Trinajstić information content (AvgIpc) is 2.52. The Kier molecular flexibility index (Phi) is 5.88. The maximum absolute atomic E-state index is 11.9. The summed E-state index contributed by atoms with van der Waals surface area (Å²) >= 11 is 1.59. The van der Waals surface area contributed by atoms with Crippen molar-refractivity contribution >= 4 is 23.6 Å². The van der Waals surface area contributed by atoms with Crippen molar-refractivity contribution in [3.05, 3.63) is 0 Å². The Morgan fingerprint density at radius 3 is 2.62 bits per heavy atom. The Balaban J connectivity index is 2.36. The van der Waals surface area contributed by atoms with Gasteiger partial charge < -0.3 is 0 Å². The first-order chi connectivity index (χ1) is 7.70. The molecule has 1 saturated heterocycles. The van der Waals surface area contributed by atoms with Crippen LogP contribution in [0.4, 0.5) is 0 Å². The molecule has 1 aliphatic rings. The minimum Gasteiger partial charge on any atom is -0.282 e. The second-order valence-corrected chi connectivity index (χ2v) is 5.57. The summed E-state index contributed by atoms with van der Waals surface area (Å²) in [6, 6.07) is 0. The minimum absolute atomic E-state index is 0.0208. The summed E-state index contributed by atoms with van der Waals surface area (Å²) in [6.07, 6.45) is 4.83. The van der Waals surface area contributed by atoms with Crippen molar-refractivity contribution in [2.75, 3.05) is 12.3 Å². The van der Waals surface area contributed by atoms with Crippen LogP contribution in [0, 0.1) is 0 Å². The molecular formula is C12H21NO2S. The number of imide groups is 1. The number of carbonyl (C=O) groups excluding carboxylic acids is 2. The molecule has 0 N–H and O–H groups in total. The minimum atomic E-state index is -0.108. The highest BCUT2D eigenvalue weighted by molar-refractivity contribution is 8.00. The van der Waals surface area contributed by atoms with Gasteiger partial charge in [-0.15, -0.1) is 11.8 Å². The summed E-state index contributed by atoms with van der Waals surface area (Å²) < 4.78 is 0. The standard InChI is InChI=1S/C12H21NO2S/c1-3-5-6-7-8-13-11(14)9-10(12(13)15)16-4-2/h10H,3-9H2,1-2H3. The van der Waals surface area contributed by atoms with Crippen LogP contribution in [0.1, 0.15) is 46.0 Å². The Bertz CT molecular complexity index is 255. The number of rotatable bonds is 7. The normalized spacial score (nSPS) is 20.9. The van der Waals surface area contributed by atoms with E-state index in [2.05, 4.69) is 6.92 Å². The molecule has 0 radical (unpaired) electrons. The van der Waals surface area contributed by atoms with Gasteiger partial charge in [0.15, 0.2) is 0 Å². The summed E-state index contributed by atoms with van der Waals surface area (Å²) in [5.74, 6) is 0.952. The van der Waals surface area contributed by atoms with Crippen molar-refractivity contribution in [2.24, 2.45) is 0 Å². The number of likely N-dealkylation sites (tertiary alicyclic amines) is 1. The Morgan fingerprint density at radius 2 is 2.00 bits per heavy atom. The van der Waals surface area contributed by atoms with E-state index in [9.17, 15) is 9.59 Å². The maximum Gasteiger partial charge on any atom is 0.242 e. The molecule has 1 rings (SSSR count). The number of carbonyl (C=O) groups is 2. The van der Waals surface area contributed by atoms with Crippen molar-refractivity contribution < 1.29 is 9.59 Å². The van der Waals surface area contributed by atoms with Gasteiger partial charge in [-0.05, 0) is 12.2 Å². The molecule has 4 heteroatoms. The lowest BCUT2D eigenvalue weighted by Gasteiger charge is -2.14. The molecule has 0 aromatic rings. The van der Waals surface area contributed by atoms with Crippen molar-refractivity contribution in [3.63, 3.8) is 0 Å². The van der Waals surface area contributed by atoms with Gasteiger partial charge in [0.2, 0.25) is 11.8 Å². The van der Waals surface area contributed by atoms with E-state index in [1.165, 1.54) is 17.7 Å². The molecule has 0 aliphatic carbocycles. The lowest BCUT2D eigenvalue weighted by Crippen LogP contribution is -2.32. The monoisotopic (exact) mass is 243 g/mol. The lowest BCUT2D eigenvalue weighted by molar-refractivity contribution is -0.138. The first-order valence-corrected chi connectivity index (χ1v) is 7.21. The fourth-order valence-corrected chi connectivity index (χ4v) is 2.85. The SMILES string of the molecule is CCCCCCN1C(=O)CC(SCC)C1=O. The van der Waals surface area contributed by atoms with Crippen LogP contribution < -0.4 is 0 Å². The molecule has 1 atom stereocenters. The van der Waals surface area contributed by atoms with Crippen LogP contribution in [-0.4, -0.2) is 34.3 Å². The zero-order valence-electron chi connectivity index (χ0n) is 10.2. The van der Waals surface area contributed by atoms with E-state index in [-0.39, 0.29) is 17.1 Å². The van der Waals surface area contributed by atoms with Crippen LogP contribution >= 0.6 is 11.8 Å². The van der Waals surface area contributed by atoms with Crippen molar-refractivity contribution in [2.45, 2.75) is 51.2 Å². The summed E-state index contributed by atoms with van der Waals surface area (Å²) in [5.41, 5.74) is 0. The van der Waals surface area contributed by atoms with Crippen LogP contribution in [0.2, 0.25) is 0 Å². The van der Waals surface area contributed by atoms with E-state index in [1.807, 2.05) is 6.92 Å². The zero-order chi connectivity index (χ0) is 12.0. The van der Waals surface area contributed by atoms with Crippen LogP contribution in [0.25, 0.3) is 0 Å². The van der Waals surface area contributed by atoms with E-state index in [4.69, 9.17) is 0 Å². The molecule has 1 aliphatic heterocycles. The molecule has 16 heavy (non-hydrogen) atoms. The third-order valence-electron chi connectivity index (χ3n) is 2.81. The van der Waals surface area contributed by atoms with Gasteiger partial charge in [-0.1, -0.05) is 33.1 Å². The van der Waals surface area contributed by atoms with E-state index in [0.717, 1.165) is 18.6 Å². The van der Waals surface area contributed by atoms with Gasteiger partial charge in [0.25, 0.3) is 0 Å². The molecule has 0 spiro atoms. The number of nitrogens with zero attached hydrogens (tertiary/aromatic N) is 1. The van der Waals surface area contributed by atoms with Crippen molar-refractivity contribution in [3.8, 4) is 0 Å². The molecule has 0 aromatic carbocycles. The quantitative estimate of drug-likeness (QED) is 0.509. The van der Waals surface area contributed by atoms with Crippen LogP contribution in [0.15, 0.2) is 0 Å². The Hall–Kier alpha value is -0.510. The zero-order valence-corrected chi connectivity index (χ0v) is 11.0. The highest BCUT2D eigenvalue weighted by Crippen LogP contribution is 2.25. The lowest BCUT2D eigenvalue weighted by atomic mass is 10.2.